The number of aliphatic hydroxyl groups is 1. The predicted molar refractivity (Wildman–Crippen MR) is 51.3 cm³/mol. The summed E-state index contributed by atoms with van der Waals surface area (Å²) in [6.45, 7) is 4.84. The summed E-state index contributed by atoms with van der Waals surface area (Å²) in [5.41, 5.74) is 0. The van der Waals surface area contributed by atoms with Gasteiger partial charge in [0, 0.05) is 0 Å². The standard InChI is InChI=1S/C8H20OS/c1-3-6-10(7-4-2)8-5-9/h9-10H,3-8H2,1-2H3. The molecular formula is C8H20OS. The van der Waals surface area contributed by atoms with Crippen LogP contribution in [-0.2, 0) is 0 Å². The second-order valence-corrected chi connectivity index (χ2v) is 5.25. The molecule has 0 fully saturated rings. The van der Waals surface area contributed by atoms with Gasteiger partial charge in [0.15, 0.2) is 0 Å². The Hall–Kier alpha value is 0.310. The van der Waals surface area contributed by atoms with Crippen LogP contribution in [0.15, 0.2) is 0 Å². The third kappa shape index (κ3) is 5.12. The van der Waals surface area contributed by atoms with Gasteiger partial charge in [-0.1, -0.05) is 13.8 Å². The van der Waals surface area contributed by atoms with Crippen molar-refractivity contribution in [2.24, 2.45) is 0 Å². The van der Waals surface area contributed by atoms with E-state index in [9.17, 15) is 0 Å². The Morgan fingerprint density at radius 3 is 1.80 bits per heavy atom. The van der Waals surface area contributed by atoms with Gasteiger partial charge >= 0.3 is 0 Å². The highest BCUT2D eigenvalue weighted by atomic mass is 32.2. The van der Waals surface area contributed by atoms with Crippen LogP contribution in [0.4, 0.5) is 0 Å². The lowest BCUT2D eigenvalue weighted by atomic mass is 10.6. The van der Waals surface area contributed by atoms with Gasteiger partial charge in [0.1, 0.15) is 0 Å². The zero-order valence-corrected chi connectivity index (χ0v) is 8.03. The van der Waals surface area contributed by atoms with E-state index in [1.807, 2.05) is 0 Å². The maximum atomic E-state index is 8.71. The van der Waals surface area contributed by atoms with E-state index in [0.717, 1.165) is 5.75 Å². The van der Waals surface area contributed by atoms with Gasteiger partial charge in [-0.05, 0) is 30.1 Å². The summed E-state index contributed by atoms with van der Waals surface area (Å²) in [4.78, 5) is 0. The summed E-state index contributed by atoms with van der Waals surface area (Å²) in [5, 5.41) is 8.71. The maximum absolute atomic E-state index is 8.71. The predicted octanol–water partition coefficient (Wildman–Crippen LogP) is 1.80. The molecule has 2 heteroatoms. The molecule has 0 aliphatic heterocycles. The molecule has 0 aromatic heterocycles. The minimum Gasteiger partial charge on any atom is -0.396 e. The highest BCUT2D eigenvalue weighted by Gasteiger charge is 1.99. The molecule has 10 heavy (non-hydrogen) atoms. The van der Waals surface area contributed by atoms with Gasteiger partial charge in [-0.15, -0.1) is 0 Å². The van der Waals surface area contributed by atoms with Crippen molar-refractivity contribution in [3.63, 3.8) is 0 Å². The molecule has 0 saturated carbocycles. The molecule has 1 nitrogen and oxygen atoms in total. The van der Waals surface area contributed by atoms with E-state index in [-0.39, 0.29) is 10.9 Å². The number of hydrogen-bond donors (Lipinski definition) is 2. The maximum Gasteiger partial charge on any atom is 0.0504 e. The fourth-order valence-corrected chi connectivity index (χ4v) is 3.33. The molecule has 0 spiro atoms. The summed E-state index contributed by atoms with van der Waals surface area (Å²) in [6, 6.07) is 0. The van der Waals surface area contributed by atoms with E-state index in [2.05, 4.69) is 13.8 Å². The smallest absolute Gasteiger partial charge is 0.0504 e. The van der Waals surface area contributed by atoms with Crippen LogP contribution < -0.4 is 0 Å². The van der Waals surface area contributed by atoms with Crippen LogP contribution in [0.2, 0.25) is 0 Å². The number of hydrogen-bond acceptors (Lipinski definition) is 1. The molecule has 0 bridgehead atoms. The Kier molecular flexibility index (Phi) is 7.65. The fraction of sp³-hybridized carbons (Fsp3) is 1.00. The van der Waals surface area contributed by atoms with Crippen molar-refractivity contribution in [2.75, 3.05) is 23.9 Å². The summed E-state index contributed by atoms with van der Waals surface area (Å²) in [7, 11) is 0.189. The second-order valence-electron chi connectivity index (χ2n) is 2.57. The third-order valence-electron chi connectivity index (χ3n) is 1.50. The van der Waals surface area contributed by atoms with Crippen molar-refractivity contribution >= 4 is 10.9 Å². The van der Waals surface area contributed by atoms with Gasteiger partial charge in [-0.3, -0.25) is 10.9 Å². The third-order valence-corrected chi connectivity index (χ3v) is 4.49. The number of rotatable bonds is 6. The SMILES string of the molecule is CCC[SH](CCC)CCO. The molecule has 64 valence electrons. The van der Waals surface area contributed by atoms with E-state index in [1.54, 1.807) is 0 Å². The average Bonchev–Trinajstić information content (AvgIpc) is 1.90. The van der Waals surface area contributed by atoms with E-state index in [0.29, 0.717) is 6.61 Å². The first-order valence-electron chi connectivity index (χ1n) is 4.18. The van der Waals surface area contributed by atoms with Crippen LogP contribution >= 0.6 is 10.9 Å². The highest BCUT2D eigenvalue weighted by molar-refractivity contribution is 8.17. The van der Waals surface area contributed by atoms with Crippen molar-refractivity contribution < 1.29 is 5.11 Å². The van der Waals surface area contributed by atoms with Crippen LogP contribution in [-0.4, -0.2) is 29.0 Å². The molecule has 0 aliphatic rings. The van der Waals surface area contributed by atoms with E-state index >= 15 is 0 Å². The first kappa shape index (κ1) is 10.3. The number of thiol groups is 1. The molecule has 1 N–H and O–H groups in total. The Bertz CT molecular complexity index is 52.0. The molecule has 0 atom stereocenters. The zero-order valence-electron chi connectivity index (χ0n) is 7.14. The van der Waals surface area contributed by atoms with Crippen LogP contribution in [0.1, 0.15) is 26.7 Å². The first-order chi connectivity index (χ1) is 4.85. The molecule has 0 radical (unpaired) electrons. The number of aliphatic hydroxyl groups excluding tert-OH is 1. The summed E-state index contributed by atoms with van der Waals surface area (Å²) >= 11 is 0. The largest absolute Gasteiger partial charge is 0.396 e. The van der Waals surface area contributed by atoms with Crippen molar-refractivity contribution in [1.82, 2.24) is 0 Å². The summed E-state index contributed by atoms with van der Waals surface area (Å²) < 4.78 is 0. The van der Waals surface area contributed by atoms with Crippen molar-refractivity contribution in [1.29, 1.82) is 0 Å². The molecule has 0 heterocycles. The Balaban J connectivity index is 3.30. The molecule has 0 amide bonds. The zero-order chi connectivity index (χ0) is 7.82. The van der Waals surface area contributed by atoms with Gasteiger partial charge in [0.05, 0.1) is 6.61 Å². The lowest BCUT2D eigenvalue weighted by Gasteiger charge is -2.18. The Morgan fingerprint density at radius 1 is 1.00 bits per heavy atom. The van der Waals surface area contributed by atoms with Gasteiger partial charge in [0.2, 0.25) is 0 Å². The molecule has 0 rings (SSSR count). The molecule has 0 saturated heterocycles. The Labute approximate surface area is 67.2 Å². The monoisotopic (exact) mass is 164 g/mol. The molecule has 0 aliphatic carbocycles. The lowest BCUT2D eigenvalue weighted by molar-refractivity contribution is 0.322. The first-order valence-corrected chi connectivity index (χ1v) is 6.08. The van der Waals surface area contributed by atoms with Crippen LogP contribution in [0.5, 0.6) is 0 Å². The normalized spacial score (nSPS) is 11.7. The average molecular weight is 164 g/mol. The molecule has 0 unspecified atom stereocenters. The van der Waals surface area contributed by atoms with Crippen molar-refractivity contribution in [3.8, 4) is 0 Å². The van der Waals surface area contributed by atoms with Gasteiger partial charge in [-0.2, -0.15) is 0 Å². The topological polar surface area (TPSA) is 20.2 Å². The fourth-order valence-electron chi connectivity index (χ4n) is 1.11. The van der Waals surface area contributed by atoms with Crippen LogP contribution in [0.25, 0.3) is 0 Å². The molecule has 0 aromatic carbocycles. The van der Waals surface area contributed by atoms with Crippen LogP contribution in [0.3, 0.4) is 0 Å². The van der Waals surface area contributed by atoms with Gasteiger partial charge in [-0.25, -0.2) is 0 Å². The lowest BCUT2D eigenvalue weighted by Crippen LogP contribution is -2.01. The molecular weight excluding hydrogens is 144 g/mol. The van der Waals surface area contributed by atoms with E-state index in [1.165, 1.54) is 24.3 Å². The van der Waals surface area contributed by atoms with Gasteiger partial charge < -0.3 is 5.11 Å². The van der Waals surface area contributed by atoms with Crippen LogP contribution in [0, 0.1) is 0 Å². The summed E-state index contributed by atoms with van der Waals surface area (Å²) in [6.07, 6.45) is 2.57. The minimum absolute atomic E-state index is 0.189. The van der Waals surface area contributed by atoms with Crippen molar-refractivity contribution in [2.45, 2.75) is 26.7 Å². The minimum atomic E-state index is 0.189. The Morgan fingerprint density at radius 2 is 1.50 bits per heavy atom. The quantitative estimate of drug-likeness (QED) is 0.574. The summed E-state index contributed by atoms with van der Waals surface area (Å²) in [5.74, 6) is 3.77. The molecule has 0 aromatic rings. The van der Waals surface area contributed by atoms with E-state index < -0.39 is 0 Å². The van der Waals surface area contributed by atoms with E-state index in [4.69, 9.17) is 5.11 Å². The van der Waals surface area contributed by atoms with Crippen molar-refractivity contribution in [3.05, 3.63) is 0 Å². The highest BCUT2D eigenvalue weighted by Crippen LogP contribution is 2.25. The second kappa shape index (κ2) is 7.42. The van der Waals surface area contributed by atoms with Gasteiger partial charge in [0.25, 0.3) is 0 Å².